The number of carbonyl (C=O) groups excluding carboxylic acids is 1. The third-order valence-corrected chi connectivity index (χ3v) is 1.25. The van der Waals surface area contributed by atoms with Gasteiger partial charge < -0.3 is 0 Å². The molecule has 1 nitrogen and oxygen atoms in total. The van der Waals surface area contributed by atoms with Gasteiger partial charge in [-0.3, -0.25) is 4.79 Å². The summed E-state index contributed by atoms with van der Waals surface area (Å²) in [4.78, 5) is 10.6. The summed E-state index contributed by atoms with van der Waals surface area (Å²) >= 11 is 0. The summed E-state index contributed by atoms with van der Waals surface area (Å²) in [6, 6.07) is 0. The number of hydrogen-bond acceptors (Lipinski definition) is 1. The van der Waals surface area contributed by atoms with Crippen LogP contribution in [0.4, 0.5) is 4.39 Å². The average Bonchev–Trinajstić information content (AvgIpc) is 1.88. The minimum absolute atomic E-state index is 0.218. The monoisotopic (exact) mass is 142 g/mol. The van der Waals surface area contributed by atoms with Crippen LogP contribution in [0.5, 0.6) is 0 Å². The quantitative estimate of drug-likeness (QED) is 0.436. The number of halogens is 1. The Bertz CT molecular complexity index is 180. The lowest BCUT2D eigenvalue weighted by molar-refractivity contribution is -0.113. The fourth-order valence-corrected chi connectivity index (χ4v) is 0.709. The summed E-state index contributed by atoms with van der Waals surface area (Å²) in [5, 5.41) is 0. The average molecular weight is 142 g/mol. The normalized spacial score (nSPS) is 12.3. The standard InChI is InChI=1S/C8H11FO/c1-4-7(6(3)10)8(9)5-2/h5H,2,4H2,1,3H3/b8-7-. The van der Waals surface area contributed by atoms with Crippen LogP contribution in [0.1, 0.15) is 20.3 Å². The largest absolute Gasteiger partial charge is 0.295 e. The van der Waals surface area contributed by atoms with Crippen LogP contribution in [0.2, 0.25) is 0 Å². The first kappa shape index (κ1) is 9.08. The van der Waals surface area contributed by atoms with E-state index in [-0.39, 0.29) is 11.4 Å². The van der Waals surface area contributed by atoms with Crippen molar-refractivity contribution in [3.8, 4) is 0 Å². The highest BCUT2D eigenvalue weighted by atomic mass is 19.1. The van der Waals surface area contributed by atoms with Crippen LogP contribution in [0.3, 0.4) is 0 Å². The molecule has 0 aliphatic carbocycles. The van der Waals surface area contributed by atoms with E-state index in [2.05, 4.69) is 6.58 Å². The molecule has 0 amide bonds. The van der Waals surface area contributed by atoms with Gasteiger partial charge in [0.05, 0.1) is 0 Å². The smallest absolute Gasteiger partial charge is 0.158 e. The van der Waals surface area contributed by atoms with Crippen molar-refractivity contribution in [2.75, 3.05) is 0 Å². The minimum Gasteiger partial charge on any atom is -0.295 e. The molecule has 0 aromatic carbocycles. The highest BCUT2D eigenvalue weighted by molar-refractivity contribution is 5.93. The predicted molar refractivity (Wildman–Crippen MR) is 39.3 cm³/mol. The van der Waals surface area contributed by atoms with Crippen molar-refractivity contribution in [3.63, 3.8) is 0 Å². The van der Waals surface area contributed by atoms with Gasteiger partial charge in [-0.05, 0) is 19.4 Å². The van der Waals surface area contributed by atoms with Crippen LogP contribution in [0.15, 0.2) is 24.1 Å². The molecule has 0 aliphatic heterocycles. The second-order valence-electron chi connectivity index (χ2n) is 1.94. The molecule has 0 N–H and O–H groups in total. The van der Waals surface area contributed by atoms with E-state index in [1.54, 1.807) is 6.92 Å². The summed E-state index contributed by atoms with van der Waals surface area (Å²) in [7, 11) is 0. The summed E-state index contributed by atoms with van der Waals surface area (Å²) in [5.74, 6) is -0.727. The van der Waals surface area contributed by atoms with Gasteiger partial charge in [0.2, 0.25) is 0 Å². The lowest BCUT2D eigenvalue weighted by Gasteiger charge is -1.97. The minimum atomic E-state index is -0.505. The number of hydrogen-bond donors (Lipinski definition) is 0. The molecule has 0 saturated carbocycles. The van der Waals surface area contributed by atoms with Gasteiger partial charge in [0.15, 0.2) is 5.78 Å². The molecule has 0 aromatic rings. The number of carbonyl (C=O) groups is 1. The fourth-order valence-electron chi connectivity index (χ4n) is 0.709. The van der Waals surface area contributed by atoms with E-state index in [1.165, 1.54) is 6.92 Å². The molecule has 10 heavy (non-hydrogen) atoms. The molecule has 0 fully saturated rings. The lowest BCUT2D eigenvalue weighted by atomic mass is 10.1. The summed E-state index contributed by atoms with van der Waals surface area (Å²) in [6.07, 6.45) is 1.48. The highest BCUT2D eigenvalue weighted by Gasteiger charge is 2.05. The van der Waals surface area contributed by atoms with E-state index in [0.717, 1.165) is 6.08 Å². The Hall–Kier alpha value is -0.920. The predicted octanol–water partition coefficient (Wildman–Crippen LogP) is 2.40. The lowest BCUT2D eigenvalue weighted by Crippen LogP contribution is -1.96. The first-order valence-corrected chi connectivity index (χ1v) is 3.15. The number of rotatable bonds is 3. The van der Waals surface area contributed by atoms with E-state index < -0.39 is 5.83 Å². The summed E-state index contributed by atoms with van der Waals surface area (Å²) < 4.78 is 12.6. The molecule has 0 aliphatic rings. The Morgan fingerprint density at radius 1 is 1.70 bits per heavy atom. The first-order chi connectivity index (χ1) is 4.63. The first-order valence-electron chi connectivity index (χ1n) is 3.15. The van der Waals surface area contributed by atoms with Crippen molar-refractivity contribution in [2.24, 2.45) is 0 Å². The Morgan fingerprint density at radius 3 is 2.30 bits per heavy atom. The van der Waals surface area contributed by atoms with Crippen LogP contribution >= 0.6 is 0 Å². The van der Waals surface area contributed by atoms with Gasteiger partial charge in [-0.25, -0.2) is 4.39 Å². The van der Waals surface area contributed by atoms with Crippen LogP contribution in [-0.2, 0) is 4.79 Å². The maximum absolute atomic E-state index is 12.6. The third-order valence-electron chi connectivity index (χ3n) is 1.25. The van der Waals surface area contributed by atoms with E-state index in [0.29, 0.717) is 6.42 Å². The fraction of sp³-hybridized carbons (Fsp3) is 0.375. The Labute approximate surface area is 60.2 Å². The Kier molecular flexibility index (Phi) is 3.62. The molecule has 0 heterocycles. The molecule has 0 aromatic heterocycles. The van der Waals surface area contributed by atoms with Crippen molar-refractivity contribution in [1.82, 2.24) is 0 Å². The molecule has 0 bridgehead atoms. The van der Waals surface area contributed by atoms with Crippen LogP contribution < -0.4 is 0 Å². The highest BCUT2D eigenvalue weighted by Crippen LogP contribution is 2.11. The zero-order valence-electron chi connectivity index (χ0n) is 6.28. The van der Waals surface area contributed by atoms with Crippen molar-refractivity contribution in [1.29, 1.82) is 0 Å². The van der Waals surface area contributed by atoms with E-state index >= 15 is 0 Å². The van der Waals surface area contributed by atoms with Gasteiger partial charge in [0.1, 0.15) is 5.83 Å². The molecule has 0 saturated heterocycles. The molecule has 0 radical (unpaired) electrons. The number of Topliss-reactive ketones (excluding diaryl/α,β-unsaturated/α-hetero) is 1. The van der Waals surface area contributed by atoms with Crippen molar-refractivity contribution >= 4 is 5.78 Å². The molecule has 0 spiro atoms. The molecule has 0 rings (SSSR count). The van der Waals surface area contributed by atoms with E-state index in [1.807, 2.05) is 0 Å². The van der Waals surface area contributed by atoms with E-state index in [4.69, 9.17) is 0 Å². The van der Waals surface area contributed by atoms with Crippen LogP contribution in [0, 0.1) is 0 Å². The Balaban J connectivity index is 4.62. The number of ketones is 1. The second-order valence-corrected chi connectivity index (χ2v) is 1.94. The van der Waals surface area contributed by atoms with Gasteiger partial charge in [-0.2, -0.15) is 0 Å². The molecule has 0 atom stereocenters. The van der Waals surface area contributed by atoms with Gasteiger partial charge in [-0.15, -0.1) is 0 Å². The van der Waals surface area contributed by atoms with Gasteiger partial charge in [0.25, 0.3) is 0 Å². The Morgan fingerprint density at radius 2 is 2.20 bits per heavy atom. The third kappa shape index (κ3) is 2.13. The summed E-state index contributed by atoms with van der Waals surface area (Å²) in [6.45, 7) is 6.31. The van der Waals surface area contributed by atoms with Crippen LogP contribution in [0.25, 0.3) is 0 Å². The van der Waals surface area contributed by atoms with E-state index in [9.17, 15) is 9.18 Å². The maximum atomic E-state index is 12.6. The second kappa shape index (κ2) is 3.99. The van der Waals surface area contributed by atoms with Gasteiger partial charge in [-0.1, -0.05) is 13.5 Å². The van der Waals surface area contributed by atoms with Crippen molar-refractivity contribution < 1.29 is 9.18 Å². The van der Waals surface area contributed by atoms with Crippen LogP contribution in [-0.4, -0.2) is 5.78 Å². The molecule has 56 valence electrons. The van der Waals surface area contributed by atoms with Gasteiger partial charge >= 0.3 is 0 Å². The molecular weight excluding hydrogens is 131 g/mol. The molecular formula is C8H11FO. The SMILES string of the molecule is C=C/C(F)=C(\CC)C(C)=O. The summed E-state index contributed by atoms with van der Waals surface area (Å²) in [5.41, 5.74) is 0.218. The zero-order chi connectivity index (χ0) is 8.15. The van der Waals surface area contributed by atoms with Gasteiger partial charge in [0, 0.05) is 5.57 Å². The topological polar surface area (TPSA) is 17.1 Å². The zero-order valence-corrected chi connectivity index (χ0v) is 6.28. The maximum Gasteiger partial charge on any atom is 0.158 e. The van der Waals surface area contributed by atoms with Crippen molar-refractivity contribution in [3.05, 3.63) is 24.1 Å². The molecule has 0 unspecified atom stereocenters. The van der Waals surface area contributed by atoms with Crippen molar-refractivity contribution in [2.45, 2.75) is 20.3 Å². The molecule has 2 heteroatoms. The number of allylic oxidation sites excluding steroid dienone is 3.